The second-order valence-corrected chi connectivity index (χ2v) is 9.65. The third-order valence-electron chi connectivity index (χ3n) is 7.17. The fourth-order valence-electron chi connectivity index (χ4n) is 4.89. The number of urea groups is 1. The van der Waals surface area contributed by atoms with Crippen molar-refractivity contribution in [1.82, 2.24) is 14.8 Å². The van der Waals surface area contributed by atoms with Gasteiger partial charge in [0, 0.05) is 23.9 Å². The molecule has 6 nitrogen and oxygen atoms in total. The zero-order valence-electron chi connectivity index (χ0n) is 18.8. The zero-order chi connectivity index (χ0) is 21.8. The van der Waals surface area contributed by atoms with Crippen molar-refractivity contribution >= 4 is 17.7 Å². The number of amidine groups is 1. The lowest BCUT2D eigenvalue weighted by Crippen LogP contribution is -2.57. The third kappa shape index (κ3) is 3.38. The number of likely N-dealkylation sites (tertiary alicyclic amines) is 1. The molecule has 30 heavy (non-hydrogen) atoms. The number of carbonyl (C=O) groups excluding carboxylic acids is 1. The molecular weight excluding hydrogens is 381 g/mol. The number of aromatic nitrogens is 1. The van der Waals surface area contributed by atoms with E-state index in [0.717, 1.165) is 29.8 Å². The van der Waals surface area contributed by atoms with Gasteiger partial charge in [-0.15, -0.1) is 0 Å². The summed E-state index contributed by atoms with van der Waals surface area (Å²) in [5.74, 6) is 1.51. The molecule has 7 heteroatoms. The van der Waals surface area contributed by atoms with Crippen molar-refractivity contribution in [3.8, 4) is 0 Å². The maximum atomic E-state index is 14.2. The molecular formula is C23H32FN5O. The van der Waals surface area contributed by atoms with Gasteiger partial charge >= 0.3 is 6.03 Å². The number of carbonyl (C=O) groups is 1. The van der Waals surface area contributed by atoms with Crippen molar-refractivity contribution in [3.05, 3.63) is 34.8 Å². The van der Waals surface area contributed by atoms with Crippen molar-refractivity contribution in [1.29, 1.82) is 0 Å². The third-order valence-corrected chi connectivity index (χ3v) is 7.17. The van der Waals surface area contributed by atoms with Crippen LogP contribution in [-0.2, 0) is 0 Å². The average Bonchev–Trinajstić information content (AvgIpc) is 3.19. The van der Waals surface area contributed by atoms with Crippen LogP contribution in [0.3, 0.4) is 0 Å². The standard InChI is InChI=1S/C23H32FN5O/c1-13-9-16(4)28(11-14(13)2)22(30)29-12-17-18(23(29,5)6)10-25-20(17)27-21-19(24)8-7-15(3)26-21/h7-8,13-14,16H,9-12H2,1-6H3,(H,25,26,27)/t13?,14-,16+/m1/s1. The fraction of sp³-hybridized carbons (Fsp3) is 0.609. The summed E-state index contributed by atoms with van der Waals surface area (Å²) in [6.45, 7) is 14.4. The molecule has 1 fully saturated rings. The molecule has 4 rings (SSSR count). The Morgan fingerprint density at radius 1 is 1.23 bits per heavy atom. The van der Waals surface area contributed by atoms with Gasteiger partial charge in [0.25, 0.3) is 0 Å². The highest BCUT2D eigenvalue weighted by Gasteiger charge is 2.47. The Kier molecular flexibility index (Phi) is 5.11. The number of rotatable bonds is 1. The van der Waals surface area contributed by atoms with E-state index in [2.05, 4.69) is 49.9 Å². The smallest absolute Gasteiger partial charge is 0.321 e. The number of pyridine rings is 1. The molecule has 1 saturated heterocycles. The van der Waals surface area contributed by atoms with Crippen LogP contribution in [0.2, 0.25) is 0 Å². The topological polar surface area (TPSA) is 60.8 Å². The molecule has 1 N–H and O–H groups in total. The van der Waals surface area contributed by atoms with Crippen LogP contribution in [0.4, 0.5) is 15.0 Å². The first kappa shape index (κ1) is 20.8. The number of halogens is 1. The van der Waals surface area contributed by atoms with Gasteiger partial charge in [-0.2, -0.15) is 0 Å². The monoisotopic (exact) mass is 413 g/mol. The van der Waals surface area contributed by atoms with Crippen LogP contribution in [-0.4, -0.2) is 57.9 Å². The van der Waals surface area contributed by atoms with Crippen LogP contribution >= 0.6 is 0 Å². The highest BCUT2D eigenvalue weighted by molar-refractivity contribution is 6.11. The Bertz CT molecular complexity index is 938. The number of amides is 2. The van der Waals surface area contributed by atoms with Gasteiger partial charge in [-0.25, -0.2) is 14.2 Å². The van der Waals surface area contributed by atoms with Crippen molar-refractivity contribution in [2.45, 2.75) is 59.5 Å². The Labute approximate surface area is 178 Å². The van der Waals surface area contributed by atoms with Gasteiger partial charge in [0.1, 0.15) is 5.84 Å². The van der Waals surface area contributed by atoms with E-state index in [0.29, 0.717) is 30.8 Å². The number of nitrogens with one attached hydrogen (secondary N) is 1. The van der Waals surface area contributed by atoms with E-state index < -0.39 is 11.4 Å². The second kappa shape index (κ2) is 7.36. The van der Waals surface area contributed by atoms with Crippen LogP contribution in [0.5, 0.6) is 0 Å². The lowest BCUT2D eigenvalue weighted by atomic mass is 9.85. The Morgan fingerprint density at radius 3 is 2.70 bits per heavy atom. The van der Waals surface area contributed by atoms with Crippen LogP contribution in [0.1, 0.15) is 46.7 Å². The van der Waals surface area contributed by atoms with E-state index in [-0.39, 0.29) is 17.9 Å². The first-order chi connectivity index (χ1) is 14.1. The van der Waals surface area contributed by atoms with Gasteiger partial charge in [-0.05, 0) is 63.7 Å². The van der Waals surface area contributed by atoms with Gasteiger partial charge in [0.05, 0.1) is 18.6 Å². The molecule has 3 atom stereocenters. The molecule has 1 aromatic heterocycles. The molecule has 0 spiro atoms. The summed E-state index contributed by atoms with van der Waals surface area (Å²) in [7, 11) is 0. The molecule has 1 unspecified atom stereocenters. The Hall–Kier alpha value is -2.44. The number of piperidine rings is 1. The van der Waals surface area contributed by atoms with Crippen molar-refractivity contribution in [3.63, 3.8) is 0 Å². The van der Waals surface area contributed by atoms with Gasteiger partial charge < -0.3 is 15.1 Å². The summed E-state index contributed by atoms with van der Waals surface area (Å²) in [5.41, 5.74) is 2.42. The van der Waals surface area contributed by atoms with Crippen molar-refractivity contribution < 1.29 is 9.18 Å². The summed E-state index contributed by atoms with van der Waals surface area (Å²) in [4.78, 5) is 26.4. The molecule has 0 bridgehead atoms. The summed E-state index contributed by atoms with van der Waals surface area (Å²) >= 11 is 0. The predicted octanol–water partition coefficient (Wildman–Crippen LogP) is 4.23. The lowest BCUT2D eigenvalue weighted by molar-refractivity contribution is 0.0710. The summed E-state index contributed by atoms with van der Waals surface area (Å²) in [5, 5.41) is 3.07. The first-order valence-corrected chi connectivity index (χ1v) is 10.8. The summed E-state index contributed by atoms with van der Waals surface area (Å²) in [6, 6.07) is 3.36. The van der Waals surface area contributed by atoms with Crippen molar-refractivity contribution in [2.24, 2.45) is 16.8 Å². The molecule has 0 saturated carbocycles. The van der Waals surface area contributed by atoms with Crippen LogP contribution in [0, 0.1) is 24.6 Å². The Balaban J connectivity index is 1.55. The largest absolute Gasteiger partial charge is 0.322 e. The molecule has 3 aliphatic heterocycles. The quantitative estimate of drug-likeness (QED) is 0.749. The highest BCUT2D eigenvalue weighted by Crippen LogP contribution is 2.40. The summed E-state index contributed by atoms with van der Waals surface area (Å²) in [6.07, 6.45) is 1.03. The molecule has 0 aromatic carbocycles. The molecule has 0 aliphatic carbocycles. The van der Waals surface area contributed by atoms with E-state index in [1.165, 1.54) is 6.07 Å². The molecule has 4 heterocycles. The number of hydrogen-bond donors (Lipinski definition) is 1. The first-order valence-electron chi connectivity index (χ1n) is 10.8. The fourth-order valence-corrected chi connectivity index (χ4v) is 4.89. The number of aryl methyl sites for hydroxylation is 1. The van der Waals surface area contributed by atoms with Crippen LogP contribution in [0.15, 0.2) is 28.3 Å². The number of nitrogens with zero attached hydrogens (tertiary/aromatic N) is 4. The SMILES string of the molecule is Cc1ccc(F)c(NC2=NCC3=C2CN(C(=O)N2C[C@@H](C)C(C)C[C@@H]2C)C3(C)C)n1. The molecule has 162 valence electrons. The normalized spacial score (nSPS) is 28.0. The van der Waals surface area contributed by atoms with Gasteiger partial charge in [-0.1, -0.05) is 13.8 Å². The molecule has 0 radical (unpaired) electrons. The second-order valence-electron chi connectivity index (χ2n) is 9.65. The molecule has 3 aliphatic rings. The predicted molar refractivity (Wildman–Crippen MR) is 117 cm³/mol. The van der Waals surface area contributed by atoms with Gasteiger partial charge in [0.2, 0.25) is 0 Å². The Morgan fingerprint density at radius 2 is 1.97 bits per heavy atom. The summed E-state index contributed by atoms with van der Waals surface area (Å²) < 4.78 is 14.2. The van der Waals surface area contributed by atoms with Gasteiger partial charge in [0.15, 0.2) is 11.6 Å². The average molecular weight is 414 g/mol. The van der Waals surface area contributed by atoms with Crippen molar-refractivity contribution in [2.75, 3.05) is 25.0 Å². The zero-order valence-corrected chi connectivity index (χ0v) is 18.8. The minimum atomic E-state index is -0.427. The molecule has 1 aromatic rings. The molecule has 2 amide bonds. The number of hydrogen-bond acceptors (Lipinski definition) is 4. The lowest BCUT2D eigenvalue weighted by Gasteiger charge is -2.45. The van der Waals surface area contributed by atoms with Crippen LogP contribution in [0.25, 0.3) is 0 Å². The highest BCUT2D eigenvalue weighted by atomic mass is 19.1. The number of aliphatic imine (C=N–C) groups is 1. The maximum absolute atomic E-state index is 14.2. The minimum Gasteiger partial charge on any atom is -0.322 e. The number of anilines is 1. The van der Waals surface area contributed by atoms with Gasteiger partial charge in [-0.3, -0.25) is 4.99 Å². The van der Waals surface area contributed by atoms with E-state index in [9.17, 15) is 9.18 Å². The van der Waals surface area contributed by atoms with E-state index in [1.54, 1.807) is 6.07 Å². The maximum Gasteiger partial charge on any atom is 0.321 e. The van der Waals surface area contributed by atoms with Crippen LogP contribution < -0.4 is 5.32 Å². The van der Waals surface area contributed by atoms with E-state index >= 15 is 0 Å². The minimum absolute atomic E-state index is 0.0832. The van der Waals surface area contributed by atoms with E-state index in [4.69, 9.17) is 0 Å². The van der Waals surface area contributed by atoms with E-state index in [1.807, 2.05) is 16.7 Å².